The minimum atomic E-state index is -0.00335. The average molecular weight is 365 g/mol. The first-order valence-corrected chi connectivity index (χ1v) is 9.16. The summed E-state index contributed by atoms with van der Waals surface area (Å²) in [5.41, 5.74) is 3.09. The lowest BCUT2D eigenvalue weighted by atomic mass is 10.0. The van der Waals surface area contributed by atoms with Crippen molar-refractivity contribution in [1.29, 1.82) is 0 Å². The molecule has 142 valence electrons. The first kappa shape index (κ1) is 20.5. The predicted molar refractivity (Wildman–Crippen MR) is 108 cm³/mol. The van der Waals surface area contributed by atoms with Crippen LogP contribution in [0.1, 0.15) is 37.0 Å². The van der Waals surface area contributed by atoms with Gasteiger partial charge in [0.1, 0.15) is 5.75 Å². The number of nitrogens with one attached hydrogen (secondary N) is 1. The quantitative estimate of drug-likeness (QED) is 0.575. The van der Waals surface area contributed by atoms with E-state index in [0.29, 0.717) is 13.2 Å². The van der Waals surface area contributed by atoms with Gasteiger partial charge in [-0.2, -0.15) is 0 Å². The maximum atomic E-state index is 11.1. The van der Waals surface area contributed by atoms with Gasteiger partial charge in [-0.15, -0.1) is 0 Å². The lowest BCUT2D eigenvalue weighted by molar-refractivity contribution is -0.119. The van der Waals surface area contributed by atoms with Crippen molar-refractivity contribution < 1.29 is 14.3 Å². The van der Waals surface area contributed by atoms with Crippen molar-refractivity contribution in [1.82, 2.24) is 5.32 Å². The largest absolute Gasteiger partial charge is 0.494 e. The molecule has 0 spiro atoms. The molecule has 0 fully saturated rings. The van der Waals surface area contributed by atoms with Crippen molar-refractivity contribution in [3.8, 4) is 17.6 Å². The van der Waals surface area contributed by atoms with Crippen LogP contribution in [0.25, 0.3) is 0 Å². The zero-order valence-electron chi connectivity index (χ0n) is 16.2. The van der Waals surface area contributed by atoms with Crippen molar-refractivity contribution >= 4 is 5.91 Å². The molecule has 0 aliphatic heterocycles. The van der Waals surface area contributed by atoms with Crippen LogP contribution in [-0.4, -0.2) is 32.3 Å². The van der Waals surface area contributed by atoms with Crippen molar-refractivity contribution in [2.75, 3.05) is 20.3 Å². The zero-order valence-corrected chi connectivity index (χ0v) is 16.2. The van der Waals surface area contributed by atoms with Crippen LogP contribution in [0, 0.1) is 11.8 Å². The maximum absolute atomic E-state index is 11.1. The normalized spacial score (nSPS) is 11.2. The maximum Gasteiger partial charge on any atom is 0.217 e. The van der Waals surface area contributed by atoms with E-state index in [1.807, 2.05) is 43.3 Å². The third-order valence-electron chi connectivity index (χ3n) is 3.91. The third kappa shape index (κ3) is 7.98. The van der Waals surface area contributed by atoms with Gasteiger partial charge in [0.15, 0.2) is 0 Å². The van der Waals surface area contributed by atoms with Gasteiger partial charge in [-0.05, 0) is 55.3 Å². The fourth-order valence-electron chi connectivity index (χ4n) is 2.65. The fourth-order valence-corrected chi connectivity index (χ4v) is 2.65. The van der Waals surface area contributed by atoms with Crippen LogP contribution in [0.5, 0.6) is 5.75 Å². The number of carbonyl (C=O) groups excluding carboxylic acids is 1. The van der Waals surface area contributed by atoms with Crippen LogP contribution < -0.4 is 10.1 Å². The van der Waals surface area contributed by atoms with Crippen molar-refractivity contribution in [3.05, 3.63) is 65.2 Å². The monoisotopic (exact) mass is 365 g/mol. The Labute approximate surface area is 161 Å². The second-order valence-electron chi connectivity index (χ2n) is 6.47. The highest BCUT2D eigenvalue weighted by atomic mass is 16.5. The van der Waals surface area contributed by atoms with Gasteiger partial charge < -0.3 is 14.8 Å². The molecule has 0 radical (unpaired) electrons. The first-order valence-electron chi connectivity index (χ1n) is 9.16. The summed E-state index contributed by atoms with van der Waals surface area (Å²) in [5, 5.41) is 2.89. The van der Waals surface area contributed by atoms with Gasteiger partial charge in [0.05, 0.1) is 6.61 Å². The van der Waals surface area contributed by atoms with Gasteiger partial charge in [0, 0.05) is 44.2 Å². The number of amides is 1. The van der Waals surface area contributed by atoms with Crippen molar-refractivity contribution in [3.63, 3.8) is 0 Å². The number of carbonyl (C=O) groups is 1. The SMILES string of the molecule is COCCCOc1ccc(C#Cc2ccc(CC(C)NC(C)=O)cc2)cc1. The van der Waals surface area contributed by atoms with Gasteiger partial charge in [0.2, 0.25) is 5.91 Å². The molecule has 0 aliphatic carbocycles. The molecular weight excluding hydrogens is 338 g/mol. The average Bonchev–Trinajstić information content (AvgIpc) is 2.65. The second kappa shape index (κ2) is 11.1. The van der Waals surface area contributed by atoms with Crippen LogP contribution in [0.3, 0.4) is 0 Å². The third-order valence-corrected chi connectivity index (χ3v) is 3.91. The minimum Gasteiger partial charge on any atom is -0.494 e. The van der Waals surface area contributed by atoms with Gasteiger partial charge in [-0.25, -0.2) is 0 Å². The van der Waals surface area contributed by atoms with E-state index in [1.165, 1.54) is 12.5 Å². The van der Waals surface area contributed by atoms with E-state index in [4.69, 9.17) is 9.47 Å². The predicted octanol–water partition coefficient (Wildman–Crippen LogP) is 3.57. The van der Waals surface area contributed by atoms with E-state index in [-0.39, 0.29) is 11.9 Å². The number of hydrogen-bond donors (Lipinski definition) is 1. The van der Waals surface area contributed by atoms with Gasteiger partial charge in [0.25, 0.3) is 0 Å². The highest BCUT2D eigenvalue weighted by Gasteiger charge is 2.04. The van der Waals surface area contributed by atoms with Crippen molar-refractivity contribution in [2.45, 2.75) is 32.7 Å². The smallest absolute Gasteiger partial charge is 0.217 e. The van der Waals surface area contributed by atoms with E-state index >= 15 is 0 Å². The molecule has 27 heavy (non-hydrogen) atoms. The van der Waals surface area contributed by atoms with E-state index in [9.17, 15) is 4.79 Å². The molecule has 1 unspecified atom stereocenters. The number of methoxy groups -OCH3 is 1. The molecule has 0 saturated heterocycles. The molecule has 1 N–H and O–H groups in total. The van der Waals surface area contributed by atoms with Gasteiger partial charge >= 0.3 is 0 Å². The van der Waals surface area contributed by atoms with E-state index in [2.05, 4.69) is 29.3 Å². The molecule has 4 heteroatoms. The molecule has 1 atom stereocenters. The molecule has 0 saturated carbocycles. The summed E-state index contributed by atoms with van der Waals surface area (Å²) in [6, 6.07) is 16.0. The molecule has 2 aromatic carbocycles. The van der Waals surface area contributed by atoms with E-state index in [0.717, 1.165) is 29.7 Å². The summed E-state index contributed by atoms with van der Waals surface area (Å²) in [4.78, 5) is 11.1. The zero-order chi connectivity index (χ0) is 19.5. The fraction of sp³-hybridized carbons (Fsp3) is 0.348. The number of benzene rings is 2. The number of hydrogen-bond acceptors (Lipinski definition) is 3. The van der Waals surface area contributed by atoms with Crippen LogP contribution in [0.15, 0.2) is 48.5 Å². The number of rotatable bonds is 8. The molecule has 0 aromatic heterocycles. The van der Waals surface area contributed by atoms with E-state index < -0.39 is 0 Å². The summed E-state index contributed by atoms with van der Waals surface area (Å²) in [7, 11) is 1.69. The Balaban J connectivity index is 1.88. The molecule has 1 amide bonds. The Bertz CT molecular complexity index is 770. The van der Waals surface area contributed by atoms with E-state index in [1.54, 1.807) is 7.11 Å². The summed E-state index contributed by atoms with van der Waals surface area (Å²) >= 11 is 0. The van der Waals surface area contributed by atoms with Crippen LogP contribution in [-0.2, 0) is 16.0 Å². The highest BCUT2D eigenvalue weighted by molar-refractivity contribution is 5.73. The Morgan fingerprint density at radius 3 is 2.15 bits per heavy atom. The standard InChI is InChI=1S/C23H27NO3/c1-18(24-19(2)25)17-22-9-7-20(8-10-22)5-6-21-11-13-23(14-12-21)27-16-4-15-26-3/h7-14,18H,4,15-17H2,1-3H3,(H,24,25). The molecular formula is C23H27NO3. The minimum absolute atomic E-state index is 0.00335. The summed E-state index contributed by atoms with van der Waals surface area (Å²) in [6.07, 6.45) is 1.68. The topological polar surface area (TPSA) is 47.6 Å². The molecule has 0 aliphatic rings. The van der Waals surface area contributed by atoms with Gasteiger partial charge in [-0.1, -0.05) is 24.0 Å². The summed E-state index contributed by atoms with van der Waals surface area (Å²) < 4.78 is 10.6. The Morgan fingerprint density at radius 1 is 1.00 bits per heavy atom. The van der Waals surface area contributed by atoms with Gasteiger partial charge in [-0.3, -0.25) is 4.79 Å². The molecule has 2 aromatic rings. The second-order valence-corrected chi connectivity index (χ2v) is 6.47. The lowest BCUT2D eigenvalue weighted by Crippen LogP contribution is -2.31. The highest BCUT2D eigenvalue weighted by Crippen LogP contribution is 2.12. The molecule has 2 rings (SSSR count). The van der Waals surface area contributed by atoms with Crippen LogP contribution >= 0.6 is 0 Å². The van der Waals surface area contributed by atoms with Crippen LogP contribution in [0.4, 0.5) is 0 Å². The molecule has 4 nitrogen and oxygen atoms in total. The Kier molecular flexibility index (Phi) is 8.41. The Hall–Kier alpha value is -2.77. The summed E-state index contributed by atoms with van der Waals surface area (Å²) in [5.74, 6) is 7.18. The Morgan fingerprint density at radius 2 is 1.59 bits per heavy atom. The van der Waals surface area contributed by atoms with Crippen LogP contribution in [0.2, 0.25) is 0 Å². The van der Waals surface area contributed by atoms with Crippen molar-refractivity contribution in [2.24, 2.45) is 0 Å². The molecule has 0 heterocycles. The first-order chi connectivity index (χ1) is 13.1. The number of ether oxygens (including phenoxy) is 2. The molecule has 0 bridgehead atoms. The summed E-state index contributed by atoms with van der Waals surface area (Å²) in [6.45, 7) is 4.88. The lowest BCUT2D eigenvalue weighted by Gasteiger charge is -2.12.